The third kappa shape index (κ3) is 5.83. The number of nitrogens with two attached hydrogens (primary N) is 1. The second-order valence-electron chi connectivity index (χ2n) is 4.04. The highest BCUT2D eigenvalue weighted by Crippen LogP contribution is 2.16. The molecule has 0 radical (unpaired) electrons. The van der Waals surface area contributed by atoms with E-state index in [1.165, 1.54) is 18.2 Å². The Hall–Kier alpha value is -1.90. The lowest BCUT2D eigenvalue weighted by Crippen LogP contribution is -2.13. The molecule has 0 bridgehead atoms. The van der Waals surface area contributed by atoms with Crippen molar-refractivity contribution in [1.29, 1.82) is 0 Å². The lowest BCUT2D eigenvalue weighted by molar-refractivity contribution is -0.116. The van der Waals surface area contributed by atoms with Gasteiger partial charge in [0.1, 0.15) is 5.82 Å². The van der Waals surface area contributed by atoms with E-state index in [1.54, 1.807) is 0 Å². The Labute approximate surface area is 118 Å². The van der Waals surface area contributed by atoms with E-state index in [1.807, 2.05) is 6.92 Å². The lowest BCUT2D eigenvalue weighted by Gasteiger charge is -2.08. The Morgan fingerprint density at radius 2 is 2.30 bits per heavy atom. The first-order valence-electron chi connectivity index (χ1n) is 6.53. The number of anilines is 1. The predicted octanol–water partition coefficient (Wildman–Crippen LogP) is 1.89. The van der Waals surface area contributed by atoms with E-state index in [9.17, 15) is 9.18 Å². The van der Waals surface area contributed by atoms with Crippen LogP contribution in [0.3, 0.4) is 0 Å². The summed E-state index contributed by atoms with van der Waals surface area (Å²) in [5.74, 6) is 4.84. The van der Waals surface area contributed by atoms with Crippen molar-refractivity contribution in [3.05, 3.63) is 29.6 Å². The van der Waals surface area contributed by atoms with Crippen molar-refractivity contribution in [3.63, 3.8) is 0 Å². The standard InChI is InChI=1S/C15H19FN2O2/c1-2-20-10-4-6-15(19)18-14-8-7-13(16)11-12(14)5-3-9-17/h7-8,11H,2,4,6,9-10,17H2,1H3,(H,18,19). The number of nitrogens with one attached hydrogen (secondary N) is 1. The van der Waals surface area contributed by atoms with Gasteiger partial charge in [-0.15, -0.1) is 0 Å². The number of carbonyl (C=O) groups excluding carboxylic acids is 1. The first kappa shape index (κ1) is 16.2. The van der Waals surface area contributed by atoms with Gasteiger partial charge in [0.15, 0.2) is 0 Å². The average molecular weight is 278 g/mol. The smallest absolute Gasteiger partial charge is 0.224 e. The van der Waals surface area contributed by atoms with E-state index in [4.69, 9.17) is 10.5 Å². The van der Waals surface area contributed by atoms with E-state index >= 15 is 0 Å². The SMILES string of the molecule is CCOCCCC(=O)Nc1ccc(F)cc1C#CCN. The number of hydrogen-bond donors (Lipinski definition) is 2. The molecule has 5 heteroatoms. The number of rotatable bonds is 6. The van der Waals surface area contributed by atoms with E-state index in [0.29, 0.717) is 37.3 Å². The van der Waals surface area contributed by atoms with Crippen molar-refractivity contribution in [2.75, 3.05) is 25.1 Å². The largest absolute Gasteiger partial charge is 0.382 e. The van der Waals surface area contributed by atoms with Crippen LogP contribution >= 0.6 is 0 Å². The van der Waals surface area contributed by atoms with Gasteiger partial charge >= 0.3 is 0 Å². The second kappa shape index (κ2) is 9.08. The van der Waals surface area contributed by atoms with Crippen LogP contribution < -0.4 is 11.1 Å². The highest BCUT2D eigenvalue weighted by molar-refractivity contribution is 5.92. The van der Waals surface area contributed by atoms with E-state index < -0.39 is 5.82 Å². The molecule has 108 valence electrons. The maximum atomic E-state index is 13.2. The lowest BCUT2D eigenvalue weighted by atomic mass is 10.1. The van der Waals surface area contributed by atoms with Gasteiger partial charge in [-0.25, -0.2) is 4.39 Å². The molecule has 0 unspecified atom stereocenters. The zero-order valence-electron chi connectivity index (χ0n) is 11.5. The Morgan fingerprint density at radius 1 is 1.50 bits per heavy atom. The van der Waals surface area contributed by atoms with Crippen LogP contribution in [0.2, 0.25) is 0 Å². The Morgan fingerprint density at radius 3 is 3.00 bits per heavy atom. The zero-order chi connectivity index (χ0) is 14.8. The molecular weight excluding hydrogens is 259 g/mol. The maximum absolute atomic E-state index is 13.2. The molecule has 20 heavy (non-hydrogen) atoms. The van der Waals surface area contributed by atoms with Crippen molar-refractivity contribution >= 4 is 11.6 Å². The quantitative estimate of drug-likeness (QED) is 0.617. The highest BCUT2D eigenvalue weighted by atomic mass is 19.1. The van der Waals surface area contributed by atoms with Crippen molar-refractivity contribution < 1.29 is 13.9 Å². The molecule has 0 spiro atoms. The summed E-state index contributed by atoms with van der Waals surface area (Å²) in [7, 11) is 0. The van der Waals surface area contributed by atoms with Crippen LogP contribution in [0.5, 0.6) is 0 Å². The number of halogens is 1. The van der Waals surface area contributed by atoms with Gasteiger partial charge < -0.3 is 15.8 Å². The molecule has 0 aromatic heterocycles. The van der Waals surface area contributed by atoms with Crippen molar-refractivity contribution in [3.8, 4) is 11.8 Å². The van der Waals surface area contributed by atoms with E-state index in [2.05, 4.69) is 17.2 Å². The number of amides is 1. The molecule has 0 aliphatic rings. The van der Waals surface area contributed by atoms with Gasteiger partial charge in [-0.1, -0.05) is 11.8 Å². The molecule has 0 saturated heterocycles. The van der Waals surface area contributed by atoms with Crippen molar-refractivity contribution in [1.82, 2.24) is 0 Å². The molecule has 0 fully saturated rings. The molecule has 4 nitrogen and oxygen atoms in total. The summed E-state index contributed by atoms with van der Waals surface area (Å²) in [5.41, 5.74) is 6.21. The molecule has 3 N–H and O–H groups in total. The number of benzene rings is 1. The van der Waals surface area contributed by atoms with Crippen LogP contribution in [0, 0.1) is 17.7 Å². The minimum Gasteiger partial charge on any atom is -0.382 e. The summed E-state index contributed by atoms with van der Waals surface area (Å²) in [5, 5.41) is 2.72. The summed E-state index contributed by atoms with van der Waals surface area (Å²) in [4.78, 5) is 11.8. The minimum atomic E-state index is -0.402. The van der Waals surface area contributed by atoms with E-state index in [0.717, 1.165) is 0 Å². The van der Waals surface area contributed by atoms with Crippen LogP contribution in [0.1, 0.15) is 25.3 Å². The van der Waals surface area contributed by atoms with Crippen molar-refractivity contribution in [2.24, 2.45) is 5.73 Å². The second-order valence-corrected chi connectivity index (χ2v) is 4.04. The summed E-state index contributed by atoms with van der Waals surface area (Å²) in [6.07, 6.45) is 0.992. The number of hydrogen-bond acceptors (Lipinski definition) is 3. The normalized spacial score (nSPS) is 9.75. The van der Waals surface area contributed by atoms with Gasteiger partial charge in [0.25, 0.3) is 0 Å². The van der Waals surface area contributed by atoms with Gasteiger partial charge in [0.05, 0.1) is 17.8 Å². The summed E-state index contributed by atoms with van der Waals surface area (Å²) in [6, 6.07) is 4.05. The van der Waals surface area contributed by atoms with Gasteiger partial charge in [-0.05, 0) is 31.5 Å². The molecule has 1 aromatic carbocycles. The fourth-order valence-electron chi connectivity index (χ4n) is 1.57. The Kier molecular flexibility index (Phi) is 7.33. The molecule has 0 aliphatic heterocycles. The summed E-state index contributed by atoms with van der Waals surface area (Å²) < 4.78 is 18.3. The maximum Gasteiger partial charge on any atom is 0.224 e. The molecule has 0 atom stereocenters. The number of carbonyl (C=O) groups is 1. The molecule has 0 saturated carbocycles. The zero-order valence-corrected chi connectivity index (χ0v) is 11.5. The number of ether oxygens (including phenoxy) is 1. The Balaban J connectivity index is 2.64. The molecule has 1 amide bonds. The summed E-state index contributed by atoms with van der Waals surface area (Å²) in [6.45, 7) is 3.27. The third-order valence-corrected chi connectivity index (χ3v) is 2.48. The monoisotopic (exact) mass is 278 g/mol. The highest BCUT2D eigenvalue weighted by Gasteiger charge is 2.06. The molecular formula is C15H19FN2O2. The van der Waals surface area contributed by atoms with Crippen LogP contribution in [0.15, 0.2) is 18.2 Å². The molecule has 1 rings (SSSR count). The van der Waals surface area contributed by atoms with Crippen LogP contribution in [-0.2, 0) is 9.53 Å². The first-order valence-corrected chi connectivity index (χ1v) is 6.53. The van der Waals surface area contributed by atoms with Crippen LogP contribution in [0.25, 0.3) is 0 Å². The first-order chi connectivity index (χ1) is 9.67. The van der Waals surface area contributed by atoms with Crippen molar-refractivity contribution in [2.45, 2.75) is 19.8 Å². The Bertz CT molecular complexity index is 506. The van der Waals surface area contributed by atoms with Gasteiger partial charge in [-0.3, -0.25) is 4.79 Å². The van der Waals surface area contributed by atoms with Gasteiger partial charge in [0, 0.05) is 19.6 Å². The fraction of sp³-hybridized carbons (Fsp3) is 0.400. The average Bonchev–Trinajstić information content (AvgIpc) is 2.44. The van der Waals surface area contributed by atoms with E-state index in [-0.39, 0.29) is 12.5 Å². The molecule has 0 heterocycles. The molecule has 0 aliphatic carbocycles. The fourth-order valence-corrected chi connectivity index (χ4v) is 1.57. The minimum absolute atomic E-state index is 0.146. The molecule has 1 aromatic rings. The van der Waals surface area contributed by atoms with Gasteiger partial charge in [0.2, 0.25) is 5.91 Å². The van der Waals surface area contributed by atoms with Gasteiger partial charge in [-0.2, -0.15) is 0 Å². The van der Waals surface area contributed by atoms with Crippen LogP contribution in [-0.4, -0.2) is 25.7 Å². The van der Waals surface area contributed by atoms with Crippen LogP contribution in [0.4, 0.5) is 10.1 Å². The topological polar surface area (TPSA) is 64.3 Å². The third-order valence-electron chi connectivity index (χ3n) is 2.48. The summed E-state index contributed by atoms with van der Waals surface area (Å²) >= 11 is 0. The predicted molar refractivity (Wildman–Crippen MR) is 76.7 cm³/mol.